The smallest absolute Gasteiger partial charge is 0.322 e. The fourth-order valence-electron chi connectivity index (χ4n) is 4.37. The lowest BCUT2D eigenvalue weighted by atomic mass is 9.53. The Bertz CT molecular complexity index is 778. The van der Waals surface area contributed by atoms with E-state index in [1.807, 2.05) is 24.3 Å². The number of aromatic nitrogens is 2. The van der Waals surface area contributed by atoms with E-state index < -0.39 is 11.8 Å². The lowest BCUT2D eigenvalue weighted by Gasteiger charge is -2.52. The van der Waals surface area contributed by atoms with E-state index in [1.54, 1.807) is 0 Å². The second-order valence-corrected chi connectivity index (χ2v) is 8.39. The van der Waals surface area contributed by atoms with Gasteiger partial charge in [0.05, 0.1) is 0 Å². The van der Waals surface area contributed by atoms with Crippen molar-refractivity contribution in [3.63, 3.8) is 0 Å². The monoisotopic (exact) mass is 381 g/mol. The number of anilines is 1. The minimum Gasteiger partial charge on any atom is -0.384 e. The third kappa shape index (κ3) is 3.20. The first-order valence-electron chi connectivity index (χ1n) is 9.02. The molecule has 1 N–H and O–H groups in total. The highest BCUT2D eigenvalue weighted by molar-refractivity contribution is 6.30. The number of halogens is 3. The zero-order chi connectivity index (χ0) is 18.4. The molecule has 26 heavy (non-hydrogen) atoms. The van der Waals surface area contributed by atoms with Crippen LogP contribution in [0.3, 0.4) is 0 Å². The van der Waals surface area contributed by atoms with Gasteiger partial charge >= 0.3 is 5.92 Å². The fourth-order valence-corrected chi connectivity index (χ4v) is 4.56. The summed E-state index contributed by atoms with van der Waals surface area (Å²) in [6.45, 7) is 1.68. The van der Waals surface area contributed by atoms with Gasteiger partial charge in [0, 0.05) is 29.6 Å². The van der Waals surface area contributed by atoms with Gasteiger partial charge in [0.2, 0.25) is 0 Å². The molecule has 2 bridgehead atoms. The minimum absolute atomic E-state index is 0.204. The molecule has 0 spiro atoms. The highest BCUT2D eigenvalue weighted by atomic mass is 35.5. The molecule has 4 nitrogen and oxygen atoms in total. The van der Waals surface area contributed by atoms with Gasteiger partial charge in [-0.05, 0) is 62.1 Å². The molecule has 140 valence electrons. The lowest BCUT2D eigenvalue weighted by molar-refractivity contribution is -0.0158. The van der Waals surface area contributed by atoms with Crippen LogP contribution in [0.1, 0.15) is 57.2 Å². The van der Waals surface area contributed by atoms with Crippen molar-refractivity contribution < 1.29 is 13.3 Å². The number of nitrogens with one attached hydrogen (secondary N) is 1. The van der Waals surface area contributed by atoms with E-state index in [-0.39, 0.29) is 10.8 Å². The van der Waals surface area contributed by atoms with Crippen LogP contribution in [0.4, 0.5) is 14.5 Å². The Morgan fingerprint density at radius 1 is 1.19 bits per heavy atom. The van der Waals surface area contributed by atoms with Crippen molar-refractivity contribution in [3.05, 3.63) is 41.0 Å². The Labute approximate surface area is 156 Å². The predicted octanol–water partition coefficient (Wildman–Crippen LogP) is 5.54. The number of hydrogen-bond donors (Lipinski definition) is 1. The summed E-state index contributed by atoms with van der Waals surface area (Å²) in [5.41, 5.74) is 1.07. The molecule has 0 atom stereocenters. The third-order valence-corrected chi connectivity index (χ3v) is 6.40. The summed E-state index contributed by atoms with van der Waals surface area (Å²) < 4.78 is 31.7. The van der Waals surface area contributed by atoms with Crippen molar-refractivity contribution in [1.82, 2.24) is 10.1 Å². The van der Waals surface area contributed by atoms with Crippen LogP contribution in [0, 0.1) is 5.41 Å². The van der Waals surface area contributed by atoms with Crippen LogP contribution >= 0.6 is 11.6 Å². The van der Waals surface area contributed by atoms with Gasteiger partial charge in [-0.3, -0.25) is 0 Å². The summed E-state index contributed by atoms with van der Waals surface area (Å²) in [4.78, 5) is 4.04. The zero-order valence-electron chi connectivity index (χ0n) is 14.7. The van der Waals surface area contributed by atoms with Gasteiger partial charge in [-0.1, -0.05) is 22.8 Å². The highest BCUT2D eigenvalue weighted by Gasteiger charge is 2.52. The summed E-state index contributed by atoms with van der Waals surface area (Å²) in [5.74, 6) is -3.20. The lowest BCUT2D eigenvalue weighted by Crippen LogP contribution is -2.47. The van der Waals surface area contributed by atoms with Crippen LogP contribution in [-0.2, 0) is 11.3 Å². The van der Waals surface area contributed by atoms with Gasteiger partial charge in [0.25, 0.3) is 5.89 Å². The van der Waals surface area contributed by atoms with Gasteiger partial charge in [0.1, 0.15) is 0 Å². The maximum atomic E-state index is 13.4. The van der Waals surface area contributed by atoms with Gasteiger partial charge in [0.15, 0.2) is 5.82 Å². The van der Waals surface area contributed by atoms with Gasteiger partial charge in [-0.25, -0.2) is 0 Å². The summed E-state index contributed by atoms with van der Waals surface area (Å²) in [6, 6.07) is 7.75. The average Bonchev–Trinajstić information content (AvgIpc) is 3.13. The minimum atomic E-state index is -3.09. The average molecular weight is 382 g/mol. The quantitative estimate of drug-likeness (QED) is 0.738. The van der Waals surface area contributed by atoms with E-state index in [0.29, 0.717) is 5.82 Å². The number of fused-ring (bicyclic) bond motifs is 3. The molecule has 0 unspecified atom stereocenters. The maximum absolute atomic E-state index is 13.4. The molecule has 2 aromatic rings. The molecule has 3 saturated carbocycles. The fraction of sp³-hybridized carbons (Fsp3) is 0.579. The summed E-state index contributed by atoms with van der Waals surface area (Å²) >= 11 is 6.05. The van der Waals surface area contributed by atoms with Crippen LogP contribution in [0.25, 0.3) is 0 Å². The van der Waals surface area contributed by atoms with Crippen molar-refractivity contribution in [2.45, 2.75) is 56.8 Å². The molecule has 3 aliphatic carbocycles. The van der Waals surface area contributed by atoms with E-state index >= 15 is 0 Å². The number of hydrogen-bond acceptors (Lipinski definition) is 4. The van der Waals surface area contributed by atoms with E-state index in [9.17, 15) is 8.78 Å². The van der Waals surface area contributed by atoms with Gasteiger partial charge < -0.3 is 9.84 Å². The third-order valence-electron chi connectivity index (χ3n) is 6.17. The van der Waals surface area contributed by atoms with E-state index in [4.69, 9.17) is 16.1 Å². The number of benzene rings is 1. The first-order valence-corrected chi connectivity index (χ1v) is 9.40. The van der Waals surface area contributed by atoms with Gasteiger partial charge in [-0.2, -0.15) is 13.8 Å². The Morgan fingerprint density at radius 2 is 1.88 bits per heavy atom. The molecule has 7 heteroatoms. The molecular formula is C19H22ClF2N3O. The molecular weight excluding hydrogens is 360 g/mol. The first kappa shape index (κ1) is 17.7. The number of rotatable bonds is 5. The van der Waals surface area contributed by atoms with Crippen molar-refractivity contribution in [3.8, 4) is 0 Å². The molecule has 0 saturated heterocycles. The molecule has 5 rings (SSSR count). The Balaban J connectivity index is 1.44. The topological polar surface area (TPSA) is 51.0 Å². The number of alkyl halides is 2. The maximum Gasteiger partial charge on any atom is 0.322 e. The van der Waals surface area contributed by atoms with Gasteiger partial charge in [-0.15, -0.1) is 0 Å². The van der Waals surface area contributed by atoms with Crippen molar-refractivity contribution in [2.24, 2.45) is 5.41 Å². The van der Waals surface area contributed by atoms with E-state index in [2.05, 4.69) is 15.5 Å². The van der Waals surface area contributed by atoms with Crippen LogP contribution < -0.4 is 5.32 Å². The molecule has 3 fully saturated rings. The summed E-state index contributed by atoms with van der Waals surface area (Å²) in [6.07, 6.45) is 5.85. The second-order valence-electron chi connectivity index (χ2n) is 7.96. The SMILES string of the molecule is CC(F)(F)c1nc(C23CCC(CNc4cccc(Cl)c4)(CC2)CC3)no1. The highest BCUT2D eigenvalue weighted by Crippen LogP contribution is 2.57. The summed E-state index contributed by atoms with van der Waals surface area (Å²) in [7, 11) is 0. The molecule has 1 heterocycles. The zero-order valence-corrected chi connectivity index (χ0v) is 15.5. The van der Waals surface area contributed by atoms with Crippen molar-refractivity contribution in [2.75, 3.05) is 11.9 Å². The van der Waals surface area contributed by atoms with Crippen LogP contribution in [0.15, 0.2) is 28.8 Å². The number of nitrogens with zero attached hydrogens (tertiary/aromatic N) is 2. The molecule has 0 radical (unpaired) electrons. The van der Waals surface area contributed by atoms with E-state index in [1.165, 1.54) is 0 Å². The summed E-state index contributed by atoms with van der Waals surface area (Å²) in [5, 5.41) is 8.14. The normalized spacial score (nSPS) is 28.3. The molecule has 0 aliphatic heterocycles. The van der Waals surface area contributed by atoms with E-state index in [0.717, 1.165) is 62.7 Å². The Hall–Kier alpha value is -1.69. The molecule has 3 aliphatic rings. The first-order chi connectivity index (χ1) is 12.3. The van der Waals surface area contributed by atoms with Crippen molar-refractivity contribution in [1.29, 1.82) is 0 Å². The van der Waals surface area contributed by atoms with Crippen molar-refractivity contribution >= 4 is 17.3 Å². The predicted molar refractivity (Wildman–Crippen MR) is 95.6 cm³/mol. The molecule has 0 amide bonds. The molecule has 1 aromatic heterocycles. The van der Waals surface area contributed by atoms with Crippen LogP contribution in [0.5, 0.6) is 0 Å². The largest absolute Gasteiger partial charge is 0.384 e. The van der Waals surface area contributed by atoms with Crippen LogP contribution in [0.2, 0.25) is 5.02 Å². The standard InChI is InChI=1S/C19H22ClF2N3O/c1-17(21,22)16-24-15(25-26-16)19-8-5-18(6-9-19,7-10-19)12-23-14-4-2-3-13(20)11-14/h2-4,11,23H,5-10,12H2,1H3. The van der Waals surface area contributed by atoms with Crippen LogP contribution in [-0.4, -0.2) is 16.7 Å². The molecule has 1 aromatic carbocycles. The second kappa shape index (κ2) is 6.19. The Morgan fingerprint density at radius 3 is 2.46 bits per heavy atom. The Kier molecular flexibility index (Phi) is 4.21.